The lowest BCUT2D eigenvalue weighted by Gasteiger charge is -2.29. The Bertz CT molecular complexity index is 820. The zero-order chi connectivity index (χ0) is 20.0. The molecule has 0 aliphatic carbocycles. The van der Waals surface area contributed by atoms with Crippen LogP contribution in [0.5, 0.6) is 0 Å². The smallest absolute Gasteiger partial charge is 0.242 e. The summed E-state index contributed by atoms with van der Waals surface area (Å²) in [5.41, 5.74) is 4.10. The number of hydrogen-bond donors (Lipinski definition) is 1. The highest BCUT2D eigenvalue weighted by atomic mass is 35.5. The molecule has 5 heteroatoms. The second-order valence-corrected chi connectivity index (χ2v) is 7.19. The molecule has 0 aliphatic rings. The van der Waals surface area contributed by atoms with E-state index in [1.807, 2.05) is 57.2 Å². The van der Waals surface area contributed by atoms with Crippen molar-refractivity contribution in [2.75, 3.05) is 6.54 Å². The Hall–Kier alpha value is -2.33. The van der Waals surface area contributed by atoms with E-state index in [1.165, 1.54) is 5.56 Å². The van der Waals surface area contributed by atoms with Crippen molar-refractivity contribution in [1.29, 1.82) is 0 Å². The number of amides is 2. The summed E-state index contributed by atoms with van der Waals surface area (Å²) >= 11 is 6.28. The molecular formula is C22H27ClN2O2. The third-order valence-corrected chi connectivity index (χ3v) is 5.11. The Balaban J connectivity index is 2.26. The van der Waals surface area contributed by atoms with Gasteiger partial charge in [-0.2, -0.15) is 0 Å². The molecule has 2 aromatic rings. The third-order valence-electron chi connectivity index (χ3n) is 4.74. The number of likely N-dealkylation sites (N-methyl/N-ethyl adjacent to an activating group) is 1. The van der Waals surface area contributed by atoms with E-state index >= 15 is 0 Å². The lowest BCUT2D eigenvalue weighted by Crippen LogP contribution is -2.48. The average Bonchev–Trinajstić information content (AvgIpc) is 2.63. The van der Waals surface area contributed by atoms with Gasteiger partial charge < -0.3 is 10.2 Å². The van der Waals surface area contributed by atoms with Crippen molar-refractivity contribution in [3.05, 3.63) is 69.7 Å². The molecule has 1 N–H and O–H groups in total. The second kappa shape index (κ2) is 9.56. The number of carbonyl (C=O) groups is 2. The highest BCUT2D eigenvalue weighted by Gasteiger charge is 2.26. The number of rotatable bonds is 7. The molecule has 144 valence electrons. The first kappa shape index (κ1) is 21.0. The fourth-order valence-corrected chi connectivity index (χ4v) is 3.10. The molecule has 27 heavy (non-hydrogen) atoms. The Morgan fingerprint density at radius 2 is 1.81 bits per heavy atom. The topological polar surface area (TPSA) is 49.4 Å². The lowest BCUT2D eigenvalue weighted by molar-refractivity contribution is -0.140. The summed E-state index contributed by atoms with van der Waals surface area (Å²) < 4.78 is 0. The molecule has 0 aromatic heterocycles. The van der Waals surface area contributed by atoms with Gasteiger partial charge in [0.25, 0.3) is 0 Å². The number of benzene rings is 2. The van der Waals surface area contributed by atoms with Crippen LogP contribution in [0, 0.1) is 13.8 Å². The summed E-state index contributed by atoms with van der Waals surface area (Å²) in [6.07, 6.45) is 0.245. The number of aryl methyl sites for hydroxylation is 2. The Kier molecular flexibility index (Phi) is 7.43. The largest absolute Gasteiger partial charge is 0.355 e. The quantitative estimate of drug-likeness (QED) is 0.780. The van der Waals surface area contributed by atoms with Crippen LogP contribution >= 0.6 is 11.6 Å². The monoisotopic (exact) mass is 386 g/mol. The predicted molar refractivity (Wildman–Crippen MR) is 110 cm³/mol. The summed E-state index contributed by atoms with van der Waals surface area (Å²) in [5.74, 6) is -0.269. The number of carbonyl (C=O) groups excluding carboxylic acids is 2. The normalized spacial score (nSPS) is 11.7. The van der Waals surface area contributed by atoms with Gasteiger partial charge in [0, 0.05) is 18.1 Å². The molecule has 0 spiro atoms. The lowest BCUT2D eigenvalue weighted by atomic mass is 10.0. The fraction of sp³-hybridized carbons (Fsp3) is 0.364. The van der Waals surface area contributed by atoms with Gasteiger partial charge in [-0.25, -0.2) is 0 Å². The molecular weight excluding hydrogens is 360 g/mol. The molecule has 0 bridgehead atoms. The summed E-state index contributed by atoms with van der Waals surface area (Å²) in [5, 5.41) is 3.38. The Morgan fingerprint density at radius 3 is 2.44 bits per heavy atom. The van der Waals surface area contributed by atoms with Gasteiger partial charge in [0.05, 0.1) is 6.42 Å². The second-order valence-electron chi connectivity index (χ2n) is 6.78. The van der Waals surface area contributed by atoms with Crippen molar-refractivity contribution in [2.45, 2.75) is 46.7 Å². The summed E-state index contributed by atoms with van der Waals surface area (Å²) in [7, 11) is 0. The van der Waals surface area contributed by atoms with Crippen LogP contribution in [-0.4, -0.2) is 29.3 Å². The zero-order valence-corrected chi connectivity index (χ0v) is 17.1. The highest BCUT2D eigenvalue weighted by molar-refractivity contribution is 6.31. The van der Waals surface area contributed by atoms with E-state index in [2.05, 4.69) is 5.32 Å². The standard InChI is InChI=1S/C22H27ClN2O2/c1-5-24-22(27)17(4)25(14-19-8-6-7-9-20(19)23)21(26)13-18-11-10-15(2)16(3)12-18/h6-12,17H,5,13-14H2,1-4H3,(H,24,27). The van der Waals surface area contributed by atoms with Crippen LogP contribution < -0.4 is 5.32 Å². The van der Waals surface area contributed by atoms with Crippen LogP contribution in [0.1, 0.15) is 36.1 Å². The van der Waals surface area contributed by atoms with Gasteiger partial charge in [0.15, 0.2) is 0 Å². The molecule has 2 aromatic carbocycles. The molecule has 0 heterocycles. The van der Waals surface area contributed by atoms with Gasteiger partial charge in [-0.15, -0.1) is 0 Å². The molecule has 0 radical (unpaired) electrons. The highest BCUT2D eigenvalue weighted by Crippen LogP contribution is 2.20. The van der Waals surface area contributed by atoms with E-state index in [9.17, 15) is 9.59 Å². The molecule has 2 rings (SSSR count). The van der Waals surface area contributed by atoms with Gasteiger partial charge in [-0.1, -0.05) is 48.0 Å². The van der Waals surface area contributed by atoms with E-state index in [-0.39, 0.29) is 18.2 Å². The minimum absolute atomic E-state index is 0.100. The number of halogens is 1. The van der Waals surface area contributed by atoms with Crippen LogP contribution in [0.2, 0.25) is 5.02 Å². The Labute approximate surface area is 166 Å². The first-order valence-corrected chi connectivity index (χ1v) is 9.58. The molecule has 0 aliphatic heterocycles. The molecule has 0 saturated heterocycles. The minimum atomic E-state index is -0.583. The third kappa shape index (κ3) is 5.57. The van der Waals surface area contributed by atoms with Gasteiger partial charge in [0.1, 0.15) is 6.04 Å². The van der Waals surface area contributed by atoms with Crippen molar-refractivity contribution in [2.24, 2.45) is 0 Å². The van der Waals surface area contributed by atoms with Crippen LogP contribution in [-0.2, 0) is 22.6 Å². The SMILES string of the molecule is CCNC(=O)C(C)N(Cc1ccccc1Cl)C(=O)Cc1ccc(C)c(C)c1. The van der Waals surface area contributed by atoms with Crippen LogP contribution in [0.3, 0.4) is 0 Å². The van der Waals surface area contributed by atoms with Gasteiger partial charge in [-0.05, 0) is 56.0 Å². The first-order chi connectivity index (χ1) is 12.8. The maximum Gasteiger partial charge on any atom is 0.242 e. The first-order valence-electron chi connectivity index (χ1n) is 9.20. The summed E-state index contributed by atoms with van der Waals surface area (Å²) in [4.78, 5) is 27.1. The molecule has 1 unspecified atom stereocenters. The van der Waals surface area contributed by atoms with E-state index in [0.29, 0.717) is 18.1 Å². The van der Waals surface area contributed by atoms with Crippen molar-refractivity contribution >= 4 is 23.4 Å². The minimum Gasteiger partial charge on any atom is -0.355 e. The molecule has 0 fully saturated rings. The van der Waals surface area contributed by atoms with Gasteiger partial charge in [0.2, 0.25) is 11.8 Å². The van der Waals surface area contributed by atoms with Crippen molar-refractivity contribution in [3.63, 3.8) is 0 Å². The van der Waals surface area contributed by atoms with Gasteiger partial charge >= 0.3 is 0 Å². The summed E-state index contributed by atoms with van der Waals surface area (Å²) in [6.45, 7) is 8.50. The fourth-order valence-electron chi connectivity index (χ4n) is 2.90. The average molecular weight is 387 g/mol. The van der Waals surface area contributed by atoms with E-state index < -0.39 is 6.04 Å². The maximum absolute atomic E-state index is 13.1. The van der Waals surface area contributed by atoms with Crippen molar-refractivity contribution in [1.82, 2.24) is 10.2 Å². The maximum atomic E-state index is 13.1. The molecule has 4 nitrogen and oxygen atoms in total. The van der Waals surface area contributed by atoms with Crippen LogP contribution in [0.15, 0.2) is 42.5 Å². The van der Waals surface area contributed by atoms with E-state index in [4.69, 9.17) is 11.6 Å². The number of hydrogen-bond acceptors (Lipinski definition) is 2. The zero-order valence-electron chi connectivity index (χ0n) is 16.4. The van der Waals surface area contributed by atoms with Crippen molar-refractivity contribution < 1.29 is 9.59 Å². The molecule has 0 saturated carbocycles. The van der Waals surface area contributed by atoms with E-state index in [1.54, 1.807) is 17.9 Å². The van der Waals surface area contributed by atoms with Crippen LogP contribution in [0.4, 0.5) is 0 Å². The van der Waals surface area contributed by atoms with Gasteiger partial charge in [-0.3, -0.25) is 9.59 Å². The van der Waals surface area contributed by atoms with Crippen LogP contribution in [0.25, 0.3) is 0 Å². The molecule has 2 amide bonds. The number of nitrogens with zero attached hydrogens (tertiary/aromatic N) is 1. The van der Waals surface area contributed by atoms with E-state index in [0.717, 1.165) is 16.7 Å². The Morgan fingerprint density at radius 1 is 1.11 bits per heavy atom. The van der Waals surface area contributed by atoms with Crippen molar-refractivity contribution in [3.8, 4) is 0 Å². The predicted octanol–water partition coefficient (Wildman–Crippen LogP) is 4.05. The summed E-state index contributed by atoms with van der Waals surface area (Å²) in [6, 6.07) is 12.8. The molecule has 1 atom stereocenters. The number of nitrogens with one attached hydrogen (secondary N) is 1.